The lowest BCUT2D eigenvalue weighted by atomic mass is 10.3. The molecule has 8 nitrogen and oxygen atoms in total. The molecule has 0 aromatic heterocycles. The minimum Gasteiger partial charge on any atom is -0.468 e. The SMILES string of the molecule is COC(=O)CSc1ccc(N=[N+]=[N-])cc1[N+](=O)[O-]. The van der Waals surface area contributed by atoms with Crippen LogP contribution in [-0.2, 0) is 9.53 Å². The number of hydrogen-bond donors (Lipinski definition) is 0. The number of hydrogen-bond acceptors (Lipinski definition) is 6. The molecule has 0 aliphatic rings. The molecule has 1 rings (SSSR count). The largest absolute Gasteiger partial charge is 0.468 e. The van der Waals surface area contributed by atoms with Gasteiger partial charge in [0.1, 0.15) is 0 Å². The van der Waals surface area contributed by atoms with Crippen LogP contribution in [0, 0.1) is 10.1 Å². The number of nitro benzene ring substituents is 1. The van der Waals surface area contributed by atoms with Crippen molar-refractivity contribution in [3.8, 4) is 0 Å². The Morgan fingerprint density at radius 1 is 1.67 bits per heavy atom. The van der Waals surface area contributed by atoms with E-state index in [0.717, 1.165) is 17.8 Å². The maximum Gasteiger partial charge on any atom is 0.315 e. The summed E-state index contributed by atoms with van der Waals surface area (Å²) in [5.41, 5.74) is 8.18. The number of carbonyl (C=O) groups is 1. The summed E-state index contributed by atoms with van der Waals surface area (Å²) in [4.78, 5) is 24.0. The average Bonchev–Trinajstić information content (AvgIpc) is 2.36. The third-order valence-corrected chi connectivity index (χ3v) is 2.91. The van der Waals surface area contributed by atoms with Gasteiger partial charge in [0.15, 0.2) is 0 Å². The first kappa shape index (κ1) is 13.8. The normalized spacial score (nSPS) is 9.39. The van der Waals surface area contributed by atoms with Crippen molar-refractivity contribution >= 4 is 29.1 Å². The van der Waals surface area contributed by atoms with Gasteiger partial charge in [-0.05, 0) is 11.6 Å². The topological polar surface area (TPSA) is 118 Å². The van der Waals surface area contributed by atoms with Crippen LogP contribution in [0.3, 0.4) is 0 Å². The van der Waals surface area contributed by atoms with E-state index in [2.05, 4.69) is 14.8 Å². The molecule has 94 valence electrons. The molecule has 0 fully saturated rings. The zero-order valence-corrected chi connectivity index (χ0v) is 10.1. The second kappa shape index (κ2) is 6.48. The molecule has 0 aliphatic heterocycles. The lowest BCUT2D eigenvalue weighted by Gasteiger charge is -2.02. The zero-order valence-electron chi connectivity index (χ0n) is 9.27. The molecule has 0 heterocycles. The number of esters is 1. The molecular weight excluding hydrogens is 260 g/mol. The molecule has 18 heavy (non-hydrogen) atoms. The molecule has 0 amide bonds. The van der Waals surface area contributed by atoms with Crippen LogP contribution < -0.4 is 0 Å². The van der Waals surface area contributed by atoms with Crippen LogP contribution in [0.4, 0.5) is 11.4 Å². The Balaban J connectivity index is 3.00. The predicted octanol–water partition coefficient (Wildman–Crippen LogP) is 2.80. The van der Waals surface area contributed by atoms with Gasteiger partial charge < -0.3 is 4.74 Å². The Morgan fingerprint density at radius 3 is 2.94 bits per heavy atom. The van der Waals surface area contributed by atoms with Gasteiger partial charge in [0.25, 0.3) is 5.69 Å². The Kier molecular flexibility index (Phi) is 4.97. The predicted molar refractivity (Wildman–Crippen MR) is 64.6 cm³/mol. The van der Waals surface area contributed by atoms with Crippen molar-refractivity contribution in [1.29, 1.82) is 0 Å². The molecule has 0 unspecified atom stereocenters. The lowest BCUT2D eigenvalue weighted by molar-refractivity contribution is -0.387. The summed E-state index contributed by atoms with van der Waals surface area (Å²) in [6, 6.07) is 4.02. The number of nitro groups is 1. The van der Waals surface area contributed by atoms with Gasteiger partial charge in [-0.25, -0.2) is 0 Å². The second-order valence-corrected chi connectivity index (χ2v) is 3.98. The molecule has 0 bridgehead atoms. The van der Waals surface area contributed by atoms with Gasteiger partial charge >= 0.3 is 5.97 Å². The smallest absolute Gasteiger partial charge is 0.315 e. The molecule has 0 spiro atoms. The third-order valence-electron chi connectivity index (χ3n) is 1.87. The van der Waals surface area contributed by atoms with Gasteiger partial charge in [-0.3, -0.25) is 14.9 Å². The number of azide groups is 1. The highest BCUT2D eigenvalue weighted by Gasteiger charge is 2.16. The first-order valence-electron chi connectivity index (χ1n) is 4.61. The molecule has 0 saturated heterocycles. The summed E-state index contributed by atoms with van der Waals surface area (Å²) < 4.78 is 4.44. The fourth-order valence-electron chi connectivity index (χ4n) is 1.08. The van der Waals surface area contributed by atoms with Crippen LogP contribution in [-0.4, -0.2) is 23.8 Å². The average molecular weight is 268 g/mol. The number of rotatable bonds is 5. The van der Waals surface area contributed by atoms with Crippen LogP contribution in [0.1, 0.15) is 0 Å². The van der Waals surface area contributed by atoms with Crippen molar-refractivity contribution < 1.29 is 14.5 Å². The summed E-state index contributed by atoms with van der Waals surface area (Å²) in [7, 11) is 1.24. The van der Waals surface area contributed by atoms with E-state index in [9.17, 15) is 14.9 Å². The number of thioether (sulfide) groups is 1. The summed E-state index contributed by atoms with van der Waals surface area (Å²) in [6.45, 7) is 0. The van der Waals surface area contributed by atoms with Crippen molar-refractivity contribution in [2.45, 2.75) is 4.90 Å². The van der Waals surface area contributed by atoms with Crippen molar-refractivity contribution in [3.63, 3.8) is 0 Å². The van der Waals surface area contributed by atoms with E-state index >= 15 is 0 Å². The molecule has 1 aromatic carbocycles. The minimum absolute atomic E-state index is 0.0296. The fourth-order valence-corrected chi connectivity index (χ4v) is 1.92. The Morgan fingerprint density at radius 2 is 2.39 bits per heavy atom. The van der Waals surface area contributed by atoms with Crippen molar-refractivity contribution in [2.75, 3.05) is 12.9 Å². The number of methoxy groups -OCH3 is 1. The highest BCUT2D eigenvalue weighted by molar-refractivity contribution is 8.00. The van der Waals surface area contributed by atoms with E-state index in [0.29, 0.717) is 4.90 Å². The summed E-state index contributed by atoms with van der Waals surface area (Å²) >= 11 is 0.984. The molecular formula is C9H8N4O4S. The van der Waals surface area contributed by atoms with E-state index in [1.165, 1.54) is 19.2 Å². The maximum atomic E-state index is 11.0. The number of benzene rings is 1. The van der Waals surface area contributed by atoms with Crippen LogP contribution in [0.25, 0.3) is 10.4 Å². The molecule has 0 saturated carbocycles. The zero-order chi connectivity index (χ0) is 13.5. The third kappa shape index (κ3) is 3.65. The highest BCUT2D eigenvalue weighted by Crippen LogP contribution is 2.32. The van der Waals surface area contributed by atoms with E-state index in [-0.39, 0.29) is 17.1 Å². The molecule has 1 aromatic rings. The van der Waals surface area contributed by atoms with E-state index in [1.54, 1.807) is 0 Å². The van der Waals surface area contributed by atoms with Crippen molar-refractivity contribution in [2.24, 2.45) is 5.11 Å². The van der Waals surface area contributed by atoms with Crippen molar-refractivity contribution in [1.82, 2.24) is 0 Å². The molecule has 0 radical (unpaired) electrons. The quantitative estimate of drug-likeness (QED) is 0.155. The Hall–Kier alpha value is -2.25. The van der Waals surface area contributed by atoms with Gasteiger partial charge in [-0.15, -0.1) is 11.8 Å². The van der Waals surface area contributed by atoms with Gasteiger partial charge in [0, 0.05) is 16.7 Å². The Labute approximate surface area is 106 Å². The summed E-state index contributed by atoms with van der Waals surface area (Å²) in [5, 5.41) is 14.1. The maximum absolute atomic E-state index is 11.0. The molecule has 0 atom stereocenters. The van der Waals surface area contributed by atoms with E-state index in [4.69, 9.17) is 5.53 Å². The first-order valence-corrected chi connectivity index (χ1v) is 5.60. The molecule has 9 heteroatoms. The van der Waals surface area contributed by atoms with Gasteiger partial charge in [-0.1, -0.05) is 11.2 Å². The van der Waals surface area contributed by atoms with E-state index < -0.39 is 10.9 Å². The van der Waals surface area contributed by atoms with Crippen molar-refractivity contribution in [3.05, 3.63) is 38.8 Å². The summed E-state index contributed by atoms with van der Waals surface area (Å²) in [6.07, 6.45) is 0. The van der Waals surface area contributed by atoms with Gasteiger partial charge in [0.05, 0.1) is 22.7 Å². The lowest BCUT2D eigenvalue weighted by Crippen LogP contribution is -2.03. The van der Waals surface area contributed by atoms with Gasteiger partial charge in [0.2, 0.25) is 0 Å². The van der Waals surface area contributed by atoms with Crippen LogP contribution >= 0.6 is 11.8 Å². The molecule has 0 N–H and O–H groups in total. The van der Waals surface area contributed by atoms with Crippen LogP contribution in [0.5, 0.6) is 0 Å². The second-order valence-electron chi connectivity index (χ2n) is 2.96. The first-order chi connectivity index (χ1) is 8.58. The van der Waals surface area contributed by atoms with Gasteiger partial charge in [-0.2, -0.15) is 0 Å². The monoisotopic (exact) mass is 268 g/mol. The highest BCUT2D eigenvalue weighted by atomic mass is 32.2. The van der Waals surface area contributed by atoms with Crippen LogP contribution in [0.15, 0.2) is 28.2 Å². The molecule has 0 aliphatic carbocycles. The van der Waals surface area contributed by atoms with Crippen LogP contribution in [0.2, 0.25) is 0 Å². The summed E-state index contributed by atoms with van der Waals surface area (Å²) in [5.74, 6) is -0.508. The standard InChI is InChI=1S/C9H8N4O4S/c1-17-9(14)5-18-8-3-2-6(11-12-10)4-7(8)13(15)16/h2-4H,5H2,1H3. The van der Waals surface area contributed by atoms with E-state index in [1.807, 2.05) is 0 Å². The number of nitrogens with zero attached hydrogens (tertiary/aromatic N) is 4. The number of carbonyl (C=O) groups excluding carboxylic acids is 1. The fraction of sp³-hybridized carbons (Fsp3) is 0.222. The number of ether oxygens (including phenoxy) is 1. The minimum atomic E-state index is -0.601. The Bertz CT molecular complexity index is 527.